The van der Waals surface area contributed by atoms with E-state index in [2.05, 4.69) is 0 Å². The molecule has 2 bridgehead atoms. The number of fused-ring (bicyclic) bond motifs is 3. The van der Waals surface area contributed by atoms with Crippen molar-refractivity contribution in [2.75, 3.05) is 27.3 Å². The average molecular weight is 339 g/mol. The lowest BCUT2D eigenvalue weighted by Gasteiger charge is -2.41. The van der Waals surface area contributed by atoms with Gasteiger partial charge in [0.25, 0.3) is 5.91 Å². The van der Waals surface area contributed by atoms with Crippen LogP contribution in [-0.2, 0) is 19.1 Å². The first kappa shape index (κ1) is 17.5. The largest absolute Gasteiger partial charge is 0.387 e. The van der Waals surface area contributed by atoms with Gasteiger partial charge in [-0.05, 0) is 31.8 Å². The van der Waals surface area contributed by atoms with Gasteiger partial charge in [-0.2, -0.15) is 0 Å². The molecule has 3 rings (SSSR count). The quantitative estimate of drug-likeness (QED) is 0.698. The topological polar surface area (TPSA) is 96.3 Å². The molecule has 7 heteroatoms. The minimum Gasteiger partial charge on any atom is -0.387 e. The summed E-state index contributed by atoms with van der Waals surface area (Å²) in [6.07, 6.45) is -0.844. The number of carbonyl (C=O) groups excluding carboxylic acids is 2. The summed E-state index contributed by atoms with van der Waals surface area (Å²) in [6.45, 7) is 2.23. The first-order valence-corrected chi connectivity index (χ1v) is 8.35. The van der Waals surface area contributed by atoms with Gasteiger partial charge < -0.3 is 24.6 Å². The summed E-state index contributed by atoms with van der Waals surface area (Å²) < 4.78 is 11.0. The monoisotopic (exact) mass is 339 g/mol. The SMILES string of the molecule is COC12OCC(=C3C(=O)N(C)CCC3(C)C(=O)CCCC1O)C2O. The number of carbonyl (C=O) groups is 2. The minimum absolute atomic E-state index is 0.0253. The molecule has 4 unspecified atom stereocenters. The number of methoxy groups -OCH3 is 1. The third-order valence-electron chi connectivity index (χ3n) is 5.83. The summed E-state index contributed by atoms with van der Waals surface area (Å²) in [6, 6.07) is 0. The Bertz CT molecular complexity index is 602. The predicted molar refractivity (Wildman–Crippen MR) is 84.0 cm³/mol. The molecule has 2 aliphatic heterocycles. The molecular weight excluding hydrogens is 314 g/mol. The predicted octanol–water partition coefficient (Wildman–Crippen LogP) is -0.000900. The highest BCUT2D eigenvalue weighted by atomic mass is 16.7. The van der Waals surface area contributed by atoms with Crippen molar-refractivity contribution in [1.82, 2.24) is 4.90 Å². The lowest BCUT2D eigenvalue weighted by atomic mass is 9.68. The van der Waals surface area contributed by atoms with E-state index in [1.54, 1.807) is 18.9 Å². The molecule has 0 aromatic rings. The summed E-state index contributed by atoms with van der Waals surface area (Å²) in [4.78, 5) is 27.2. The van der Waals surface area contributed by atoms with Crippen molar-refractivity contribution in [1.29, 1.82) is 0 Å². The lowest BCUT2D eigenvalue weighted by Crippen LogP contribution is -2.54. The molecular formula is C17H25NO6. The molecule has 2 saturated heterocycles. The van der Waals surface area contributed by atoms with Gasteiger partial charge in [-0.3, -0.25) is 9.59 Å². The second-order valence-corrected chi connectivity index (χ2v) is 7.16. The Balaban J connectivity index is 2.20. The second-order valence-electron chi connectivity index (χ2n) is 7.16. The molecule has 2 fully saturated rings. The third-order valence-corrected chi connectivity index (χ3v) is 5.83. The van der Waals surface area contributed by atoms with Gasteiger partial charge in [0.1, 0.15) is 18.0 Å². The maximum Gasteiger partial charge on any atom is 0.250 e. The number of rotatable bonds is 1. The fourth-order valence-electron chi connectivity index (χ4n) is 4.13. The third kappa shape index (κ3) is 2.26. The summed E-state index contributed by atoms with van der Waals surface area (Å²) >= 11 is 0. The Kier molecular flexibility index (Phi) is 4.32. The first-order valence-electron chi connectivity index (χ1n) is 8.35. The Morgan fingerprint density at radius 1 is 1.33 bits per heavy atom. The zero-order valence-corrected chi connectivity index (χ0v) is 14.4. The van der Waals surface area contributed by atoms with Crippen LogP contribution in [0.5, 0.6) is 0 Å². The highest BCUT2D eigenvalue weighted by Crippen LogP contribution is 2.46. The van der Waals surface area contributed by atoms with E-state index in [-0.39, 0.29) is 31.1 Å². The number of ether oxygens (including phenoxy) is 2. The van der Waals surface area contributed by atoms with E-state index >= 15 is 0 Å². The Morgan fingerprint density at radius 3 is 2.71 bits per heavy atom. The molecule has 2 N–H and O–H groups in total. The van der Waals surface area contributed by atoms with Crippen molar-refractivity contribution in [3.05, 3.63) is 11.1 Å². The van der Waals surface area contributed by atoms with Crippen LogP contribution in [0.4, 0.5) is 0 Å². The summed E-state index contributed by atoms with van der Waals surface area (Å²) in [5.74, 6) is -1.88. The maximum absolute atomic E-state index is 12.8. The van der Waals surface area contributed by atoms with Gasteiger partial charge in [0.05, 0.1) is 12.0 Å². The van der Waals surface area contributed by atoms with Crippen LogP contribution >= 0.6 is 0 Å². The van der Waals surface area contributed by atoms with E-state index in [0.29, 0.717) is 30.5 Å². The average Bonchev–Trinajstić information content (AvgIpc) is 2.88. The molecule has 3 aliphatic rings. The minimum atomic E-state index is -1.58. The van der Waals surface area contributed by atoms with E-state index in [9.17, 15) is 19.8 Å². The Morgan fingerprint density at radius 2 is 2.04 bits per heavy atom. The lowest BCUT2D eigenvalue weighted by molar-refractivity contribution is -0.279. The molecule has 0 radical (unpaired) electrons. The summed E-state index contributed by atoms with van der Waals surface area (Å²) in [7, 11) is 3.05. The molecule has 134 valence electrons. The van der Waals surface area contributed by atoms with Gasteiger partial charge in [0.2, 0.25) is 5.79 Å². The smallest absolute Gasteiger partial charge is 0.250 e. The molecule has 1 amide bonds. The molecule has 0 aromatic carbocycles. The van der Waals surface area contributed by atoms with Gasteiger partial charge in [-0.1, -0.05) is 0 Å². The molecule has 0 saturated carbocycles. The number of piperidine rings is 1. The number of hydrogen-bond acceptors (Lipinski definition) is 6. The van der Waals surface area contributed by atoms with Crippen molar-refractivity contribution in [2.45, 2.75) is 50.6 Å². The van der Waals surface area contributed by atoms with E-state index in [1.165, 1.54) is 7.11 Å². The van der Waals surface area contributed by atoms with Crippen molar-refractivity contribution in [2.24, 2.45) is 5.41 Å². The van der Waals surface area contributed by atoms with Gasteiger partial charge in [0.15, 0.2) is 0 Å². The van der Waals surface area contributed by atoms with Crippen LogP contribution in [0.1, 0.15) is 32.6 Å². The van der Waals surface area contributed by atoms with Crippen LogP contribution in [0.25, 0.3) is 0 Å². The Labute approximate surface area is 141 Å². The molecule has 0 spiro atoms. The van der Waals surface area contributed by atoms with Crippen molar-refractivity contribution < 1.29 is 29.3 Å². The molecule has 7 nitrogen and oxygen atoms in total. The van der Waals surface area contributed by atoms with Crippen LogP contribution in [0, 0.1) is 5.41 Å². The van der Waals surface area contributed by atoms with E-state index < -0.39 is 23.4 Å². The highest BCUT2D eigenvalue weighted by Gasteiger charge is 2.57. The van der Waals surface area contributed by atoms with Crippen LogP contribution in [-0.4, -0.2) is 72.1 Å². The van der Waals surface area contributed by atoms with Gasteiger partial charge in [0, 0.05) is 32.7 Å². The van der Waals surface area contributed by atoms with Crippen molar-refractivity contribution in [3.63, 3.8) is 0 Å². The fourth-order valence-corrected chi connectivity index (χ4v) is 4.13. The number of likely N-dealkylation sites (N-methyl/N-ethyl adjacent to an activating group) is 1. The molecule has 2 heterocycles. The van der Waals surface area contributed by atoms with Gasteiger partial charge >= 0.3 is 0 Å². The highest BCUT2D eigenvalue weighted by molar-refractivity contribution is 6.04. The van der Waals surface area contributed by atoms with E-state index in [4.69, 9.17) is 9.47 Å². The molecule has 1 aliphatic carbocycles. The number of ketones is 1. The number of nitrogens with zero attached hydrogens (tertiary/aromatic N) is 1. The van der Waals surface area contributed by atoms with Crippen molar-refractivity contribution in [3.8, 4) is 0 Å². The van der Waals surface area contributed by atoms with Crippen LogP contribution < -0.4 is 0 Å². The van der Waals surface area contributed by atoms with Crippen molar-refractivity contribution >= 4 is 11.7 Å². The fraction of sp³-hybridized carbons (Fsp3) is 0.765. The molecule has 24 heavy (non-hydrogen) atoms. The number of aliphatic hydroxyl groups excluding tert-OH is 2. The van der Waals surface area contributed by atoms with Crippen LogP contribution in [0.15, 0.2) is 11.1 Å². The summed E-state index contributed by atoms with van der Waals surface area (Å²) in [5, 5.41) is 21.3. The van der Waals surface area contributed by atoms with E-state index in [0.717, 1.165) is 0 Å². The Hall–Kier alpha value is -1.28. The number of likely N-dealkylation sites (tertiary alicyclic amines) is 1. The molecule has 0 aromatic heterocycles. The van der Waals surface area contributed by atoms with Gasteiger partial charge in [-0.25, -0.2) is 0 Å². The second kappa shape index (κ2) is 5.91. The zero-order chi connectivity index (χ0) is 17.7. The zero-order valence-electron chi connectivity index (χ0n) is 14.4. The number of Topliss-reactive ketones (excluding diaryl/α,β-unsaturated/α-hetero) is 1. The van der Waals surface area contributed by atoms with Crippen LogP contribution in [0.2, 0.25) is 0 Å². The normalized spacial score (nSPS) is 40.8. The van der Waals surface area contributed by atoms with E-state index in [1.807, 2.05) is 0 Å². The van der Waals surface area contributed by atoms with Crippen LogP contribution in [0.3, 0.4) is 0 Å². The molecule has 4 atom stereocenters. The summed E-state index contributed by atoms with van der Waals surface area (Å²) in [5.41, 5.74) is -0.276. The first-order chi connectivity index (χ1) is 11.3. The van der Waals surface area contributed by atoms with Gasteiger partial charge in [-0.15, -0.1) is 0 Å². The number of hydrogen-bond donors (Lipinski definition) is 2. The standard InChI is InChI=1S/C17H25NO6/c1-16-7-8-18(2)15(22)13(16)10-9-24-17(23-3,14(10)21)12(20)6-4-5-11(16)19/h12,14,20-21H,4-9H2,1-3H3. The maximum atomic E-state index is 12.8. The number of amides is 1. The number of aliphatic hydroxyl groups is 2.